The van der Waals surface area contributed by atoms with Crippen LogP contribution in [0.1, 0.15) is 18.4 Å². The van der Waals surface area contributed by atoms with Gasteiger partial charge in [-0.05, 0) is 24.6 Å². The molecule has 1 unspecified atom stereocenters. The van der Waals surface area contributed by atoms with E-state index >= 15 is 0 Å². The highest BCUT2D eigenvalue weighted by Crippen LogP contribution is 2.31. The lowest BCUT2D eigenvalue weighted by Crippen LogP contribution is -2.09. The highest BCUT2D eigenvalue weighted by Gasteiger charge is 2.11. The first-order valence-electron chi connectivity index (χ1n) is 3.84. The third-order valence-corrected chi connectivity index (χ3v) is 2.21. The predicted octanol–water partition coefficient (Wildman–Crippen LogP) is 2.11. The quantitative estimate of drug-likeness (QED) is 0.742. The third-order valence-electron chi connectivity index (χ3n) is 1.88. The smallest absolute Gasteiger partial charge is 0.120 e. The summed E-state index contributed by atoms with van der Waals surface area (Å²) >= 11 is 5.89. The summed E-state index contributed by atoms with van der Waals surface area (Å²) in [6.45, 7) is 2.41. The van der Waals surface area contributed by atoms with Crippen LogP contribution in [-0.2, 0) is 0 Å². The molecule has 0 aromatic heterocycles. The van der Waals surface area contributed by atoms with Gasteiger partial charge in [-0.1, -0.05) is 24.6 Å². The Hall–Kier alpha value is -0.730. The van der Waals surface area contributed by atoms with Crippen molar-refractivity contribution in [2.75, 3.05) is 6.54 Å². The molecule has 2 nitrogen and oxygen atoms in total. The summed E-state index contributed by atoms with van der Waals surface area (Å²) in [6, 6.07) is 5.08. The first-order valence-corrected chi connectivity index (χ1v) is 4.22. The van der Waals surface area contributed by atoms with E-state index in [-0.39, 0.29) is 11.7 Å². The lowest BCUT2D eigenvalue weighted by molar-refractivity contribution is 0.463. The molecule has 1 aromatic carbocycles. The minimum absolute atomic E-state index is 0.0960. The fourth-order valence-corrected chi connectivity index (χ4v) is 1.49. The van der Waals surface area contributed by atoms with Crippen LogP contribution in [0.3, 0.4) is 0 Å². The molecule has 0 radical (unpaired) electrons. The van der Waals surface area contributed by atoms with Crippen LogP contribution >= 0.6 is 11.6 Å². The van der Waals surface area contributed by atoms with Crippen LogP contribution in [0.25, 0.3) is 0 Å². The summed E-state index contributed by atoms with van der Waals surface area (Å²) in [7, 11) is 0. The maximum Gasteiger partial charge on any atom is 0.120 e. The molecule has 3 heteroatoms. The van der Waals surface area contributed by atoms with Crippen molar-refractivity contribution in [3.8, 4) is 5.75 Å². The van der Waals surface area contributed by atoms with E-state index in [4.69, 9.17) is 17.3 Å². The van der Waals surface area contributed by atoms with Crippen molar-refractivity contribution in [1.29, 1.82) is 0 Å². The highest BCUT2D eigenvalue weighted by atomic mass is 35.5. The Balaban J connectivity index is 3.12. The van der Waals surface area contributed by atoms with Crippen molar-refractivity contribution in [1.82, 2.24) is 0 Å². The Morgan fingerprint density at radius 1 is 1.58 bits per heavy atom. The first kappa shape index (κ1) is 9.36. The van der Waals surface area contributed by atoms with Gasteiger partial charge in [0.25, 0.3) is 0 Å². The SMILES string of the molecule is CC(CN)c1c(O)cccc1Cl. The molecule has 0 saturated heterocycles. The number of hydrogen-bond donors (Lipinski definition) is 2. The zero-order chi connectivity index (χ0) is 9.14. The molecule has 12 heavy (non-hydrogen) atoms. The maximum atomic E-state index is 9.45. The number of phenolic OH excluding ortho intramolecular Hbond substituents is 1. The monoisotopic (exact) mass is 185 g/mol. The van der Waals surface area contributed by atoms with Crippen LogP contribution < -0.4 is 5.73 Å². The zero-order valence-corrected chi connectivity index (χ0v) is 7.67. The van der Waals surface area contributed by atoms with Crippen molar-refractivity contribution in [3.05, 3.63) is 28.8 Å². The molecule has 0 aliphatic carbocycles. The number of halogens is 1. The van der Waals surface area contributed by atoms with Crippen LogP contribution in [0.2, 0.25) is 5.02 Å². The second-order valence-corrected chi connectivity index (χ2v) is 3.22. The van der Waals surface area contributed by atoms with Gasteiger partial charge in [0, 0.05) is 10.6 Å². The van der Waals surface area contributed by atoms with Crippen molar-refractivity contribution < 1.29 is 5.11 Å². The third kappa shape index (κ3) is 1.71. The molecule has 0 aliphatic heterocycles. The van der Waals surface area contributed by atoms with E-state index in [1.807, 2.05) is 6.92 Å². The molecule has 1 aromatic rings. The fraction of sp³-hybridized carbons (Fsp3) is 0.333. The van der Waals surface area contributed by atoms with Gasteiger partial charge in [-0.3, -0.25) is 0 Å². The number of nitrogens with two attached hydrogens (primary N) is 1. The van der Waals surface area contributed by atoms with Crippen molar-refractivity contribution in [3.63, 3.8) is 0 Å². The number of rotatable bonds is 2. The fourth-order valence-electron chi connectivity index (χ4n) is 1.13. The van der Waals surface area contributed by atoms with Crippen LogP contribution in [0.15, 0.2) is 18.2 Å². The molecule has 3 N–H and O–H groups in total. The normalized spacial score (nSPS) is 12.9. The number of benzene rings is 1. The lowest BCUT2D eigenvalue weighted by Gasteiger charge is -2.12. The molecule has 0 bridgehead atoms. The highest BCUT2D eigenvalue weighted by molar-refractivity contribution is 6.31. The van der Waals surface area contributed by atoms with Gasteiger partial charge in [-0.2, -0.15) is 0 Å². The van der Waals surface area contributed by atoms with Crippen molar-refractivity contribution in [2.24, 2.45) is 5.73 Å². The van der Waals surface area contributed by atoms with Gasteiger partial charge in [0.2, 0.25) is 0 Å². The van der Waals surface area contributed by atoms with E-state index in [1.165, 1.54) is 0 Å². The van der Waals surface area contributed by atoms with Gasteiger partial charge < -0.3 is 10.8 Å². The molecule has 1 rings (SSSR count). The summed E-state index contributed by atoms with van der Waals surface area (Å²) in [4.78, 5) is 0. The van der Waals surface area contributed by atoms with Gasteiger partial charge in [0.15, 0.2) is 0 Å². The van der Waals surface area contributed by atoms with Gasteiger partial charge in [0.1, 0.15) is 5.75 Å². The Bertz CT molecular complexity index is 255. The zero-order valence-electron chi connectivity index (χ0n) is 6.92. The van der Waals surface area contributed by atoms with E-state index in [9.17, 15) is 5.11 Å². The number of aromatic hydroxyl groups is 1. The summed E-state index contributed by atoms with van der Waals surface area (Å²) in [5.74, 6) is 0.319. The van der Waals surface area contributed by atoms with Gasteiger partial charge in [-0.25, -0.2) is 0 Å². The van der Waals surface area contributed by atoms with Crippen LogP contribution in [0, 0.1) is 0 Å². The first-order chi connectivity index (χ1) is 5.66. The molecule has 1 atom stereocenters. The molecule has 0 amide bonds. The summed E-state index contributed by atoms with van der Waals surface area (Å²) in [6.07, 6.45) is 0. The second-order valence-electron chi connectivity index (χ2n) is 2.81. The molecular formula is C9H12ClNO. The molecular weight excluding hydrogens is 174 g/mol. The lowest BCUT2D eigenvalue weighted by atomic mass is 10.0. The van der Waals surface area contributed by atoms with E-state index in [0.29, 0.717) is 11.6 Å². The average molecular weight is 186 g/mol. The molecule has 0 heterocycles. The average Bonchev–Trinajstić information content (AvgIpc) is 2.03. The summed E-state index contributed by atoms with van der Waals surface area (Å²) in [5.41, 5.74) is 6.21. The predicted molar refractivity (Wildman–Crippen MR) is 50.6 cm³/mol. The number of hydrogen-bond acceptors (Lipinski definition) is 2. The number of phenols is 1. The minimum atomic E-state index is 0.0960. The largest absolute Gasteiger partial charge is 0.508 e. The van der Waals surface area contributed by atoms with Crippen LogP contribution in [0.4, 0.5) is 0 Å². The van der Waals surface area contributed by atoms with Gasteiger partial charge in [0.05, 0.1) is 0 Å². The van der Waals surface area contributed by atoms with E-state index < -0.39 is 0 Å². The Morgan fingerprint density at radius 2 is 2.25 bits per heavy atom. The van der Waals surface area contributed by atoms with E-state index in [1.54, 1.807) is 18.2 Å². The summed E-state index contributed by atoms with van der Waals surface area (Å²) < 4.78 is 0. The minimum Gasteiger partial charge on any atom is -0.508 e. The standard InChI is InChI=1S/C9H12ClNO/c1-6(5-11)9-7(10)3-2-4-8(9)12/h2-4,6,12H,5,11H2,1H3. The molecule has 0 fully saturated rings. The molecule has 0 saturated carbocycles. The van der Waals surface area contributed by atoms with Crippen molar-refractivity contribution in [2.45, 2.75) is 12.8 Å². The van der Waals surface area contributed by atoms with E-state index in [2.05, 4.69) is 0 Å². The maximum absolute atomic E-state index is 9.45. The van der Waals surface area contributed by atoms with E-state index in [0.717, 1.165) is 5.56 Å². The molecule has 66 valence electrons. The molecule has 0 aliphatic rings. The van der Waals surface area contributed by atoms with Crippen LogP contribution in [0.5, 0.6) is 5.75 Å². The summed E-state index contributed by atoms with van der Waals surface area (Å²) in [5, 5.41) is 10.0. The Labute approximate surface area is 77.0 Å². The van der Waals surface area contributed by atoms with Crippen molar-refractivity contribution >= 4 is 11.6 Å². The topological polar surface area (TPSA) is 46.2 Å². The molecule has 0 spiro atoms. The second kappa shape index (κ2) is 3.78. The van der Waals surface area contributed by atoms with Gasteiger partial charge >= 0.3 is 0 Å². The van der Waals surface area contributed by atoms with Crippen LogP contribution in [-0.4, -0.2) is 11.7 Å². The Morgan fingerprint density at radius 3 is 2.75 bits per heavy atom. The Kier molecular flexibility index (Phi) is 2.95. The van der Waals surface area contributed by atoms with Gasteiger partial charge in [-0.15, -0.1) is 0 Å².